The number of halogens is 1. The van der Waals surface area contributed by atoms with Gasteiger partial charge < -0.3 is 10.1 Å². The molecule has 0 aliphatic rings. The first kappa shape index (κ1) is 24.9. The first-order valence-electron chi connectivity index (χ1n) is 10.4. The minimum Gasteiger partial charge on any atom is -0.449 e. The van der Waals surface area contributed by atoms with E-state index in [2.05, 4.69) is 15.1 Å². The van der Waals surface area contributed by atoms with Crippen LogP contribution in [0.2, 0.25) is 0 Å². The van der Waals surface area contributed by atoms with E-state index < -0.39 is 33.8 Å². The van der Waals surface area contributed by atoms with Gasteiger partial charge in [-0.2, -0.15) is 5.10 Å². The first-order valence-corrected chi connectivity index (χ1v) is 11.9. The number of ether oxygens (including phenoxy) is 1. The van der Waals surface area contributed by atoms with Crippen molar-refractivity contribution in [1.82, 2.24) is 9.78 Å². The predicted octanol–water partition coefficient (Wildman–Crippen LogP) is 3.90. The zero-order chi connectivity index (χ0) is 25.0. The smallest absolute Gasteiger partial charge is 0.338 e. The van der Waals surface area contributed by atoms with Crippen molar-refractivity contribution in [2.45, 2.75) is 44.7 Å². The van der Waals surface area contributed by atoms with Gasteiger partial charge in [0, 0.05) is 17.8 Å². The Hall–Kier alpha value is -3.73. The number of anilines is 2. The lowest BCUT2D eigenvalue weighted by Crippen LogP contribution is -2.31. The van der Waals surface area contributed by atoms with Crippen molar-refractivity contribution in [3.05, 3.63) is 71.7 Å². The number of esters is 1. The summed E-state index contributed by atoms with van der Waals surface area (Å²) < 4.78 is 48.1. The average molecular weight is 489 g/mol. The Morgan fingerprint density at radius 1 is 1.09 bits per heavy atom. The average Bonchev–Trinajstić information content (AvgIpc) is 3.23. The number of benzene rings is 2. The van der Waals surface area contributed by atoms with Crippen LogP contribution < -0.4 is 10.0 Å². The van der Waals surface area contributed by atoms with E-state index in [0.29, 0.717) is 11.4 Å². The zero-order valence-electron chi connectivity index (χ0n) is 19.1. The van der Waals surface area contributed by atoms with Gasteiger partial charge in [-0.25, -0.2) is 22.3 Å². The number of sulfonamides is 1. The molecule has 1 amide bonds. The summed E-state index contributed by atoms with van der Waals surface area (Å²) in [5.41, 5.74) is 0.422. The molecule has 1 atom stereocenters. The molecule has 0 bridgehead atoms. The molecule has 0 saturated heterocycles. The second kappa shape index (κ2) is 10.0. The predicted molar refractivity (Wildman–Crippen MR) is 125 cm³/mol. The number of hydrogen-bond donors (Lipinski definition) is 2. The number of carbonyl (C=O) groups excluding carboxylic acids is 2. The fourth-order valence-corrected chi connectivity index (χ4v) is 4.06. The summed E-state index contributed by atoms with van der Waals surface area (Å²) in [5.74, 6) is -1.55. The quantitative estimate of drug-likeness (QED) is 0.464. The number of nitrogens with zero attached hydrogens (tertiary/aromatic N) is 2. The van der Waals surface area contributed by atoms with Gasteiger partial charge >= 0.3 is 5.97 Å². The molecular weight excluding hydrogens is 463 g/mol. The monoisotopic (exact) mass is 488 g/mol. The van der Waals surface area contributed by atoms with Gasteiger partial charge in [0.25, 0.3) is 15.9 Å². The maximum Gasteiger partial charge on any atom is 0.338 e. The highest BCUT2D eigenvalue weighted by atomic mass is 32.2. The third kappa shape index (κ3) is 5.79. The molecule has 0 spiro atoms. The normalized spacial score (nSPS) is 12.3. The van der Waals surface area contributed by atoms with Crippen LogP contribution in [0.25, 0.3) is 0 Å². The van der Waals surface area contributed by atoms with Gasteiger partial charge in [-0.3, -0.25) is 9.52 Å². The minimum absolute atomic E-state index is 0.0195. The lowest BCUT2D eigenvalue weighted by atomic mass is 10.2. The van der Waals surface area contributed by atoms with Gasteiger partial charge in [-0.05, 0) is 63.6 Å². The van der Waals surface area contributed by atoms with Gasteiger partial charge in [0.15, 0.2) is 6.10 Å². The van der Waals surface area contributed by atoms with Gasteiger partial charge in [-0.15, -0.1) is 0 Å². The maximum atomic E-state index is 13.8. The highest BCUT2D eigenvalue weighted by molar-refractivity contribution is 7.92. The van der Waals surface area contributed by atoms with Crippen LogP contribution in [-0.2, 0) is 19.6 Å². The summed E-state index contributed by atoms with van der Waals surface area (Å²) >= 11 is 0. The molecule has 0 fully saturated rings. The van der Waals surface area contributed by atoms with E-state index in [-0.39, 0.29) is 22.2 Å². The van der Waals surface area contributed by atoms with Crippen LogP contribution in [0.1, 0.15) is 42.7 Å². The Kier molecular flexibility index (Phi) is 7.35. The number of aryl methyl sites for hydroxylation is 1. The number of carbonyl (C=O) groups is 2. The fraction of sp³-hybridized carbons (Fsp3) is 0.261. The molecule has 1 aromatic heterocycles. The molecule has 2 aromatic carbocycles. The van der Waals surface area contributed by atoms with Crippen molar-refractivity contribution in [3.8, 4) is 0 Å². The second-order valence-electron chi connectivity index (χ2n) is 7.89. The third-order valence-corrected chi connectivity index (χ3v) is 6.25. The number of nitrogens with one attached hydrogen (secondary N) is 2. The largest absolute Gasteiger partial charge is 0.449 e. The van der Waals surface area contributed by atoms with Crippen molar-refractivity contribution in [2.24, 2.45) is 0 Å². The number of rotatable bonds is 8. The summed E-state index contributed by atoms with van der Waals surface area (Å²) in [6.45, 7) is 6.75. The Morgan fingerprint density at radius 2 is 1.82 bits per heavy atom. The van der Waals surface area contributed by atoms with Crippen molar-refractivity contribution in [3.63, 3.8) is 0 Å². The zero-order valence-corrected chi connectivity index (χ0v) is 19.9. The van der Waals surface area contributed by atoms with Crippen molar-refractivity contribution in [2.75, 3.05) is 10.0 Å². The van der Waals surface area contributed by atoms with E-state index in [9.17, 15) is 22.4 Å². The Balaban J connectivity index is 1.68. The van der Waals surface area contributed by atoms with Crippen LogP contribution in [0.3, 0.4) is 0 Å². The van der Waals surface area contributed by atoms with Crippen LogP contribution in [-0.4, -0.2) is 36.2 Å². The van der Waals surface area contributed by atoms with E-state index in [1.807, 2.05) is 13.8 Å². The topological polar surface area (TPSA) is 119 Å². The number of aromatic nitrogens is 2. The highest BCUT2D eigenvalue weighted by Gasteiger charge is 2.22. The molecule has 1 heterocycles. The minimum atomic E-state index is -4.09. The van der Waals surface area contributed by atoms with E-state index in [4.69, 9.17) is 4.74 Å². The lowest BCUT2D eigenvalue weighted by Gasteiger charge is -2.16. The van der Waals surface area contributed by atoms with Gasteiger partial charge in [-0.1, -0.05) is 12.1 Å². The molecule has 3 aromatic rings. The van der Waals surface area contributed by atoms with Crippen molar-refractivity contribution < 1.29 is 27.1 Å². The maximum absolute atomic E-state index is 13.8. The summed E-state index contributed by atoms with van der Waals surface area (Å²) in [4.78, 5) is 24.8. The molecule has 11 heteroatoms. The first-order chi connectivity index (χ1) is 16.0. The molecule has 0 radical (unpaired) electrons. The Labute approximate surface area is 197 Å². The van der Waals surface area contributed by atoms with Crippen molar-refractivity contribution >= 4 is 33.4 Å². The van der Waals surface area contributed by atoms with Crippen LogP contribution in [0.5, 0.6) is 0 Å². The third-order valence-electron chi connectivity index (χ3n) is 4.87. The standard InChI is InChI=1S/C23H25FN4O5S/c1-14(2)28-21(10-11-25-28)26-22(29)16(4)33-23(30)17-6-5-7-18(12-17)27-34(31,32)19-9-8-15(3)20(24)13-19/h5-14,16,27H,1-4H3,(H,26,29). The fourth-order valence-electron chi connectivity index (χ4n) is 3.00. The molecule has 2 N–H and O–H groups in total. The Morgan fingerprint density at radius 3 is 2.50 bits per heavy atom. The second-order valence-corrected chi connectivity index (χ2v) is 9.57. The van der Waals surface area contributed by atoms with E-state index in [0.717, 1.165) is 6.07 Å². The van der Waals surface area contributed by atoms with Gasteiger partial charge in [0.2, 0.25) is 0 Å². The molecule has 0 aliphatic heterocycles. The summed E-state index contributed by atoms with van der Waals surface area (Å²) in [7, 11) is -4.09. The molecule has 180 valence electrons. The molecule has 1 unspecified atom stereocenters. The lowest BCUT2D eigenvalue weighted by molar-refractivity contribution is -0.123. The van der Waals surface area contributed by atoms with Crippen LogP contribution in [0.4, 0.5) is 15.9 Å². The van der Waals surface area contributed by atoms with Gasteiger partial charge in [0.1, 0.15) is 11.6 Å². The SMILES string of the molecule is Cc1ccc(S(=O)(=O)Nc2cccc(C(=O)OC(C)C(=O)Nc3ccnn3C(C)C)c2)cc1F. The highest BCUT2D eigenvalue weighted by Crippen LogP contribution is 2.20. The van der Waals surface area contributed by atoms with Crippen LogP contribution >= 0.6 is 0 Å². The number of hydrogen-bond acceptors (Lipinski definition) is 6. The van der Waals surface area contributed by atoms with Gasteiger partial charge in [0.05, 0.1) is 16.7 Å². The Bertz CT molecular complexity index is 1320. The molecule has 0 saturated carbocycles. The van der Waals surface area contributed by atoms with E-state index in [1.54, 1.807) is 16.9 Å². The van der Waals surface area contributed by atoms with Crippen LogP contribution in [0, 0.1) is 12.7 Å². The van der Waals surface area contributed by atoms with Crippen LogP contribution in [0.15, 0.2) is 59.6 Å². The van der Waals surface area contributed by atoms with E-state index >= 15 is 0 Å². The summed E-state index contributed by atoms with van der Waals surface area (Å²) in [5, 5.41) is 6.78. The molecule has 9 nitrogen and oxygen atoms in total. The van der Waals surface area contributed by atoms with E-state index in [1.165, 1.54) is 50.2 Å². The molecule has 34 heavy (non-hydrogen) atoms. The molecular formula is C23H25FN4O5S. The summed E-state index contributed by atoms with van der Waals surface area (Å²) in [6.07, 6.45) is 0.419. The molecule has 0 aliphatic carbocycles. The number of amides is 1. The molecule has 3 rings (SSSR count). The van der Waals surface area contributed by atoms with Crippen molar-refractivity contribution in [1.29, 1.82) is 0 Å². The summed E-state index contributed by atoms with van der Waals surface area (Å²) in [6, 6.07) is 10.8.